The minimum absolute atomic E-state index is 0.00163. The molecule has 1 aromatic carbocycles. The van der Waals surface area contributed by atoms with Gasteiger partial charge in [-0.1, -0.05) is 17.8 Å². The minimum Gasteiger partial charge on any atom is -0.454 e. The summed E-state index contributed by atoms with van der Waals surface area (Å²) >= 11 is 1.19. The maximum absolute atomic E-state index is 11.2. The van der Waals surface area contributed by atoms with E-state index in [1.807, 2.05) is 25.1 Å². The fourth-order valence-electron chi connectivity index (χ4n) is 1.73. The normalized spacial score (nSPS) is 14.5. The molecule has 0 unspecified atom stereocenters. The molecule has 0 saturated carbocycles. The lowest BCUT2D eigenvalue weighted by molar-refractivity contribution is 0.174. The van der Waals surface area contributed by atoms with Crippen LogP contribution in [0.4, 0.5) is 4.79 Å². The van der Waals surface area contributed by atoms with Gasteiger partial charge >= 0.3 is 0 Å². The zero-order chi connectivity index (χ0) is 12.3. The summed E-state index contributed by atoms with van der Waals surface area (Å²) in [5.41, 5.74) is 1.13. The molecule has 2 rings (SSSR count). The van der Waals surface area contributed by atoms with Crippen LogP contribution < -0.4 is 14.8 Å². The molecule has 0 spiro atoms. The molecule has 0 saturated heterocycles. The Bertz CT molecular complexity index is 422. The summed E-state index contributed by atoms with van der Waals surface area (Å²) in [5, 5.41) is 2.90. The Kier molecular flexibility index (Phi) is 3.78. The zero-order valence-electron chi connectivity index (χ0n) is 9.86. The monoisotopic (exact) mass is 253 g/mol. The highest BCUT2D eigenvalue weighted by Gasteiger charge is 2.14. The van der Waals surface area contributed by atoms with Gasteiger partial charge in [0, 0.05) is 6.04 Å². The van der Waals surface area contributed by atoms with Gasteiger partial charge in [0.25, 0.3) is 5.24 Å². The van der Waals surface area contributed by atoms with E-state index in [9.17, 15) is 4.79 Å². The second-order valence-corrected chi connectivity index (χ2v) is 4.71. The Labute approximate surface area is 105 Å². The molecule has 0 aromatic heterocycles. The van der Waals surface area contributed by atoms with Crippen LogP contribution in [0.3, 0.4) is 0 Å². The zero-order valence-corrected chi connectivity index (χ0v) is 10.7. The lowest BCUT2D eigenvalue weighted by atomic mass is 10.1. The van der Waals surface area contributed by atoms with Crippen LogP contribution in [0.2, 0.25) is 0 Å². The number of fused-ring (bicyclic) bond motifs is 1. The van der Waals surface area contributed by atoms with Gasteiger partial charge in [0.2, 0.25) is 6.79 Å². The van der Waals surface area contributed by atoms with Crippen LogP contribution in [0.5, 0.6) is 11.5 Å². The number of carbonyl (C=O) groups is 1. The minimum atomic E-state index is -0.00163. The van der Waals surface area contributed by atoms with E-state index in [0.29, 0.717) is 0 Å². The lowest BCUT2D eigenvalue weighted by Crippen LogP contribution is -2.31. The van der Waals surface area contributed by atoms with Crippen molar-refractivity contribution in [3.05, 3.63) is 23.8 Å². The van der Waals surface area contributed by atoms with Crippen molar-refractivity contribution < 1.29 is 14.3 Å². The van der Waals surface area contributed by atoms with Gasteiger partial charge in [0.1, 0.15) is 0 Å². The van der Waals surface area contributed by atoms with Crippen LogP contribution in [0, 0.1) is 0 Å². The molecule has 92 valence electrons. The summed E-state index contributed by atoms with van der Waals surface area (Å²) in [6, 6.07) is 5.97. The second kappa shape index (κ2) is 5.31. The molecule has 0 bridgehead atoms. The lowest BCUT2D eigenvalue weighted by Gasteiger charge is -2.13. The molecule has 1 aromatic rings. The van der Waals surface area contributed by atoms with Crippen molar-refractivity contribution >= 4 is 17.0 Å². The number of hydrogen-bond acceptors (Lipinski definition) is 4. The first kappa shape index (κ1) is 12.1. The van der Waals surface area contributed by atoms with Crippen molar-refractivity contribution in [3.63, 3.8) is 0 Å². The fourth-order valence-corrected chi connectivity index (χ4v) is 2.05. The summed E-state index contributed by atoms with van der Waals surface area (Å²) in [6.45, 7) is 2.27. The highest BCUT2D eigenvalue weighted by atomic mass is 32.2. The van der Waals surface area contributed by atoms with E-state index in [2.05, 4.69) is 5.32 Å². The van der Waals surface area contributed by atoms with E-state index in [-0.39, 0.29) is 18.1 Å². The molecule has 17 heavy (non-hydrogen) atoms. The molecule has 1 aliphatic rings. The molecule has 1 atom stereocenters. The van der Waals surface area contributed by atoms with Crippen LogP contribution in [0.15, 0.2) is 18.2 Å². The third kappa shape index (κ3) is 3.06. The maximum Gasteiger partial charge on any atom is 0.278 e. The SMILES string of the molecule is CSC(=O)N[C@H](C)Cc1ccc2c(c1)OCO2. The molecule has 5 heteroatoms. The Balaban J connectivity index is 1.97. The first-order chi connectivity index (χ1) is 8.19. The van der Waals surface area contributed by atoms with Gasteiger partial charge in [-0.3, -0.25) is 4.79 Å². The van der Waals surface area contributed by atoms with Crippen LogP contribution in [-0.4, -0.2) is 24.3 Å². The molecule has 1 N–H and O–H groups in total. The summed E-state index contributed by atoms with van der Waals surface area (Å²) in [6.07, 6.45) is 2.55. The van der Waals surface area contributed by atoms with Gasteiger partial charge in [-0.15, -0.1) is 0 Å². The van der Waals surface area contributed by atoms with E-state index in [4.69, 9.17) is 9.47 Å². The Morgan fingerprint density at radius 1 is 1.47 bits per heavy atom. The average molecular weight is 253 g/mol. The van der Waals surface area contributed by atoms with Crippen LogP contribution in [-0.2, 0) is 6.42 Å². The Morgan fingerprint density at radius 3 is 3.00 bits per heavy atom. The van der Waals surface area contributed by atoms with Crippen LogP contribution in [0.1, 0.15) is 12.5 Å². The highest BCUT2D eigenvalue weighted by Crippen LogP contribution is 2.32. The smallest absolute Gasteiger partial charge is 0.278 e. The summed E-state index contributed by atoms with van der Waals surface area (Å²) in [7, 11) is 0. The van der Waals surface area contributed by atoms with Gasteiger partial charge in [0.05, 0.1) is 0 Å². The predicted molar refractivity (Wildman–Crippen MR) is 67.8 cm³/mol. The van der Waals surface area contributed by atoms with Gasteiger partial charge in [-0.05, 0) is 37.3 Å². The molecular formula is C12H15NO3S. The Hall–Kier alpha value is -1.36. The number of thioether (sulfide) groups is 1. The molecule has 0 radical (unpaired) electrons. The number of benzene rings is 1. The van der Waals surface area contributed by atoms with Crippen molar-refractivity contribution in [1.29, 1.82) is 0 Å². The van der Waals surface area contributed by atoms with Crippen molar-refractivity contribution in [2.45, 2.75) is 19.4 Å². The van der Waals surface area contributed by atoms with Crippen molar-refractivity contribution in [1.82, 2.24) is 5.32 Å². The van der Waals surface area contributed by atoms with Crippen molar-refractivity contribution in [2.24, 2.45) is 0 Å². The second-order valence-electron chi connectivity index (χ2n) is 3.93. The molecule has 0 aliphatic carbocycles. The largest absolute Gasteiger partial charge is 0.454 e. The van der Waals surface area contributed by atoms with Crippen molar-refractivity contribution in [2.75, 3.05) is 13.0 Å². The van der Waals surface area contributed by atoms with Gasteiger partial charge in [0.15, 0.2) is 11.5 Å². The third-order valence-electron chi connectivity index (χ3n) is 2.53. The standard InChI is InChI=1S/C12H15NO3S/c1-8(13-12(14)17-2)5-9-3-4-10-11(6-9)16-7-15-10/h3-4,6,8H,5,7H2,1-2H3,(H,13,14)/t8-/m1/s1. The summed E-state index contributed by atoms with van der Waals surface area (Å²) in [4.78, 5) is 11.2. The number of nitrogens with one attached hydrogen (secondary N) is 1. The molecule has 0 fully saturated rings. The third-order valence-corrected chi connectivity index (χ3v) is 3.02. The van der Waals surface area contributed by atoms with Gasteiger partial charge < -0.3 is 14.8 Å². The molecule has 4 nitrogen and oxygen atoms in total. The molecule has 1 amide bonds. The first-order valence-electron chi connectivity index (χ1n) is 5.42. The number of amides is 1. The molecule has 1 heterocycles. The topological polar surface area (TPSA) is 47.6 Å². The van der Waals surface area contributed by atoms with Crippen LogP contribution in [0.25, 0.3) is 0 Å². The number of carbonyl (C=O) groups excluding carboxylic acids is 1. The average Bonchev–Trinajstić information content (AvgIpc) is 2.75. The number of ether oxygens (including phenoxy) is 2. The first-order valence-corrected chi connectivity index (χ1v) is 6.64. The predicted octanol–water partition coefficient (Wildman–Crippen LogP) is 2.42. The molecular weight excluding hydrogens is 238 g/mol. The molecule has 1 aliphatic heterocycles. The van der Waals surface area contributed by atoms with E-state index in [0.717, 1.165) is 23.5 Å². The highest BCUT2D eigenvalue weighted by molar-refractivity contribution is 8.12. The number of hydrogen-bond donors (Lipinski definition) is 1. The summed E-state index contributed by atoms with van der Waals surface area (Å²) in [5.74, 6) is 1.57. The van der Waals surface area contributed by atoms with E-state index in [1.54, 1.807) is 6.26 Å². The summed E-state index contributed by atoms with van der Waals surface area (Å²) < 4.78 is 10.6. The number of rotatable bonds is 3. The quantitative estimate of drug-likeness (QED) is 0.898. The maximum atomic E-state index is 11.2. The van der Waals surface area contributed by atoms with E-state index < -0.39 is 0 Å². The van der Waals surface area contributed by atoms with Gasteiger partial charge in [-0.2, -0.15) is 0 Å². The van der Waals surface area contributed by atoms with E-state index in [1.165, 1.54) is 11.8 Å². The van der Waals surface area contributed by atoms with Gasteiger partial charge in [-0.25, -0.2) is 0 Å². The van der Waals surface area contributed by atoms with Crippen LogP contribution >= 0.6 is 11.8 Å². The van der Waals surface area contributed by atoms with Crippen molar-refractivity contribution in [3.8, 4) is 11.5 Å². The fraction of sp³-hybridized carbons (Fsp3) is 0.417. The van der Waals surface area contributed by atoms with E-state index >= 15 is 0 Å². The Morgan fingerprint density at radius 2 is 2.24 bits per heavy atom.